The second kappa shape index (κ2) is 10.6. The zero-order chi connectivity index (χ0) is 27.5. The molecular formula is C29H23N5O4S. The molecule has 0 saturated heterocycles. The summed E-state index contributed by atoms with van der Waals surface area (Å²) < 4.78 is 3.05. The number of imidazole rings is 1. The van der Waals surface area contributed by atoms with Crippen LogP contribution in [0.4, 0.5) is 17.2 Å². The molecule has 39 heavy (non-hydrogen) atoms. The van der Waals surface area contributed by atoms with Gasteiger partial charge in [0.25, 0.3) is 0 Å². The molecule has 194 valence electrons. The fraction of sp³-hybridized carbons (Fsp3) is 0.0345. The van der Waals surface area contributed by atoms with Crippen molar-refractivity contribution < 1.29 is 19.8 Å². The van der Waals surface area contributed by atoms with Gasteiger partial charge in [0.2, 0.25) is 0 Å². The molecule has 6 rings (SSSR count). The van der Waals surface area contributed by atoms with Crippen LogP contribution in [0.3, 0.4) is 0 Å². The summed E-state index contributed by atoms with van der Waals surface area (Å²) in [7, 11) is 0. The molecular weight excluding hydrogens is 514 g/mol. The molecule has 0 spiro atoms. The van der Waals surface area contributed by atoms with Gasteiger partial charge >= 0.3 is 11.9 Å². The Kier molecular flexibility index (Phi) is 6.94. The molecule has 10 heteroatoms. The smallest absolute Gasteiger partial charge is 0.335 e. The summed E-state index contributed by atoms with van der Waals surface area (Å²) in [5, 5.41) is 26.8. The van der Waals surface area contributed by atoms with Gasteiger partial charge in [-0.2, -0.15) is 0 Å². The van der Waals surface area contributed by atoms with Gasteiger partial charge in [-0.25, -0.2) is 19.1 Å². The summed E-state index contributed by atoms with van der Waals surface area (Å²) in [5.74, 6) is -1.21. The van der Waals surface area contributed by atoms with E-state index in [1.54, 1.807) is 48.6 Å². The highest BCUT2D eigenvalue weighted by molar-refractivity contribution is 7.22. The summed E-state index contributed by atoms with van der Waals surface area (Å²) >= 11 is 1.71. The molecule has 0 aliphatic carbocycles. The number of hydrogen-bond acceptors (Lipinski definition) is 7. The first-order valence-electron chi connectivity index (χ1n) is 11.8. The Morgan fingerprint density at radius 1 is 0.923 bits per heavy atom. The average molecular weight is 538 g/mol. The van der Waals surface area contributed by atoms with Crippen molar-refractivity contribution in [3.8, 4) is 10.6 Å². The first-order valence-corrected chi connectivity index (χ1v) is 12.6. The maximum Gasteiger partial charge on any atom is 0.335 e. The quantitative estimate of drug-likeness (QED) is 0.187. The summed E-state index contributed by atoms with van der Waals surface area (Å²) in [4.78, 5) is 27.0. The molecule has 9 nitrogen and oxygen atoms in total. The number of rotatable bonds is 5. The number of thiophene rings is 1. The number of aromatic carboxylic acids is 2. The SMILES string of the molecule is Cc1cc(Nc2ccc3ncc(-c4cc5ccccc5s4)n3n2)ccc1C(=O)O.Nc1ccc(C(=O)O)cc1. The van der Waals surface area contributed by atoms with E-state index in [9.17, 15) is 14.7 Å². The van der Waals surface area contributed by atoms with Crippen LogP contribution in [-0.4, -0.2) is 36.7 Å². The normalized spacial score (nSPS) is 10.7. The first kappa shape index (κ1) is 25.4. The number of carboxylic acid groups (broad SMARTS) is 2. The number of anilines is 3. The lowest BCUT2D eigenvalue weighted by molar-refractivity contribution is 0.0685. The Balaban J connectivity index is 0.000000261. The van der Waals surface area contributed by atoms with E-state index in [2.05, 4.69) is 28.5 Å². The van der Waals surface area contributed by atoms with Crippen LogP contribution >= 0.6 is 11.3 Å². The lowest BCUT2D eigenvalue weighted by Crippen LogP contribution is -2.02. The number of aryl methyl sites for hydroxylation is 1. The number of fused-ring (bicyclic) bond motifs is 2. The molecule has 0 radical (unpaired) electrons. The van der Waals surface area contributed by atoms with E-state index in [0.29, 0.717) is 22.6 Å². The van der Waals surface area contributed by atoms with Crippen molar-refractivity contribution in [3.05, 3.63) is 108 Å². The van der Waals surface area contributed by atoms with Gasteiger partial charge < -0.3 is 21.3 Å². The van der Waals surface area contributed by atoms with Crippen LogP contribution in [0.15, 0.2) is 91.1 Å². The number of nitrogen functional groups attached to an aromatic ring is 1. The molecule has 0 saturated carbocycles. The van der Waals surface area contributed by atoms with Crippen LogP contribution in [-0.2, 0) is 0 Å². The number of nitrogens with two attached hydrogens (primary N) is 1. The van der Waals surface area contributed by atoms with Gasteiger partial charge in [-0.3, -0.25) is 0 Å². The van der Waals surface area contributed by atoms with Crippen LogP contribution < -0.4 is 11.1 Å². The van der Waals surface area contributed by atoms with Crippen molar-refractivity contribution >= 4 is 56.2 Å². The molecule has 6 aromatic rings. The van der Waals surface area contributed by atoms with Crippen molar-refractivity contribution in [3.63, 3.8) is 0 Å². The monoisotopic (exact) mass is 537 g/mol. The van der Waals surface area contributed by atoms with E-state index in [4.69, 9.17) is 15.9 Å². The predicted octanol–water partition coefficient (Wildman–Crippen LogP) is 6.33. The van der Waals surface area contributed by atoms with Crippen molar-refractivity contribution in [1.29, 1.82) is 0 Å². The third-order valence-electron chi connectivity index (χ3n) is 5.93. The van der Waals surface area contributed by atoms with Gasteiger partial charge in [0.1, 0.15) is 5.69 Å². The highest BCUT2D eigenvalue weighted by Gasteiger charge is 2.12. The van der Waals surface area contributed by atoms with Crippen LogP contribution in [0.2, 0.25) is 0 Å². The fourth-order valence-electron chi connectivity index (χ4n) is 3.97. The second-order valence-electron chi connectivity index (χ2n) is 8.67. The maximum absolute atomic E-state index is 11.2. The van der Waals surface area contributed by atoms with Crippen LogP contribution in [0, 0.1) is 6.92 Å². The van der Waals surface area contributed by atoms with Crippen LogP contribution in [0.5, 0.6) is 0 Å². The highest BCUT2D eigenvalue weighted by atomic mass is 32.1. The molecule has 0 fully saturated rings. The molecule has 3 heterocycles. The molecule has 0 bridgehead atoms. The average Bonchev–Trinajstić information content (AvgIpc) is 3.53. The Morgan fingerprint density at radius 3 is 2.38 bits per heavy atom. The van der Waals surface area contributed by atoms with Crippen molar-refractivity contribution in [2.45, 2.75) is 6.92 Å². The van der Waals surface area contributed by atoms with Gasteiger partial charge in [-0.1, -0.05) is 18.2 Å². The maximum atomic E-state index is 11.2. The van der Waals surface area contributed by atoms with Crippen molar-refractivity contribution in [2.24, 2.45) is 0 Å². The van der Waals surface area contributed by atoms with Gasteiger partial charge in [0, 0.05) is 16.1 Å². The topological polar surface area (TPSA) is 143 Å². The molecule has 3 aromatic carbocycles. The number of benzene rings is 3. The number of carboxylic acids is 2. The Morgan fingerprint density at radius 2 is 1.69 bits per heavy atom. The zero-order valence-corrected chi connectivity index (χ0v) is 21.5. The van der Waals surface area contributed by atoms with E-state index < -0.39 is 11.9 Å². The first-order chi connectivity index (χ1) is 18.8. The van der Waals surface area contributed by atoms with Crippen LogP contribution in [0.25, 0.3) is 26.3 Å². The van der Waals surface area contributed by atoms with Gasteiger partial charge in [0.05, 0.1) is 22.2 Å². The molecule has 0 atom stereocenters. The zero-order valence-electron chi connectivity index (χ0n) is 20.7. The summed E-state index contributed by atoms with van der Waals surface area (Å²) in [6.45, 7) is 1.78. The van der Waals surface area contributed by atoms with E-state index in [1.807, 2.05) is 35.0 Å². The summed E-state index contributed by atoms with van der Waals surface area (Å²) in [6, 6.07) is 25.4. The number of aromatic nitrogens is 3. The fourth-order valence-corrected chi connectivity index (χ4v) is 5.03. The molecule has 5 N–H and O–H groups in total. The van der Waals surface area contributed by atoms with Crippen LogP contribution in [0.1, 0.15) is 26.3 Å². The number of nitrogens with zero attached hydrogens (tertiary/aromatic N) is 3. The third-order valence-corrected chi connectivity index (χ3v) is 7.07. The minimum Gasteiger partial charge on any atom is -0.478 e. The van der Waals surface area contributed by atoms with Gasteiger partial charge in [-0.15, -0.1) is 16.4 Å². The third kappa shape index (κ3) is 5.55. The number of nitrogens with one attached hydrogen (secondary N) is 1. The predicted molar refractivity (Wildman–Crippen MR) is 153 cm³/mol. The van der Waals surface area contributed by atoms with E-state index in [0.717, 1.165) is 21.9 Å². The van der Waals surface area contributed by atoms with Gasteiger partial charge in [0.15, 0.2) is 11.5 Å². The standard InChI is InChI=1S/C22H16N4O2S.C7H7NO2/c1-13-10-15(6-7-16(13)22(27)28)24-20-8-9-21-23-12-17(26(21)25-20)19-11-14-4-2-3-5-18(14)29-19;8-6-3-1-5(2-4-6)7(9)10/h2-12H,1H3,(H,24,25)(H,27,28);1-4H,8H2,(H,9,10). The molecule has 3 aromatic heterocycles. The minimum absolute atomic E-state index is 0.259. The lowest BCUT2D eigenvalue weighted by atomic mass is 10.1. The minimum atomic E-state index is -0.931. The van der Waals surface area contributed by atoms with E-state index in [1.165, 1.54) is 22.2 Å². The Hall–Kier alpha value is -5.22. The Labute approximate surface area is 226 Å². The molecule has 0 unspecified atom stereocenters. The Bertz CT molecular complexity index is 1790. The largest absolute Gasteiger partial charge is 0.478 e. The molecule has 0 amide bonds. The summed E-state index contributed by atoms with van der Waals surface area (Å²) in [6.07, 6.45) is 1.84. The van der Waals surface area contributed by atoms with Crippen molar-refractivity contribution in [2.75, 3.05) is 11.1 Å². The van der Waals surface area contributed by atoms with E-state index >= 15 is 0 Å². The van der Waals surface area contributed by atoms with E-state index in [-0.39, 0.29) is 5.56 Å². The number of hydrogen-bond donors (Lipinski definition) is 4. The van der Waals surface area contributed by atoms with Crippen molar-refractivity contribution in [1.82, 2.24) is 14.6 Å². The van der Waals surface area contributed by atoms with Gasteiger partial charge in [-0.05, 0) is 84.6 Å². The second-order valence-corrected chi connectivity index (χ2v) is 9.75. The molecule has 0 aliphatic rings. The summed E-state index contributed by atoms with van der Waals surface area (Å²) in [5.41, 5.74) is 9.63. The highest BCUT2D eigenvalue weighted by Crippen LogP contribution is 2.33. The number of carbonyl (C=O) groups is 2. The lowest BCUT2D eigenvalue weighted by Gasteiger charge is -2.09. The molecule has 0 aliphatic heterocycles.